The molecule has 3 rings (SSSR count). The molecule has 31 heavy (non-hydrogen) atoms. The van der Waals surface area contributed by atoms with E-state index in [9.17, 15) is 0 Å². The predicted molar refractivity (Wildman–Crippen MR) is 120 cm³/mol. The lowest BCUT2D eigenvalue weighted by molar-refractivity contribution is 0.386. The van der Waals surface area contributed by atoms with E-state index in [0.717, 1.165) is 16.7 Å². The summed E-state index contributed by atoms with van der Waals surface area (Å²) in [6, 6.07) is 17.1. The van der Waals surface area contributed by atoms with Crippen molar-refractivity contribution >= 4 is 0 Å². The van der Waals surface area contributed by atoms with Crippen molar-refractivity contribution in [1.29, 1.82) is 0 Å². The van der Waals surface area contributed by atoms with E-state index in [1.165, 1.54) is 0 Å². The Bertz CT molecular complexity index is 899. The lowest BCUT2D eigenvalue weighted by Crippen LogP contribution is -2.10. The molecule has 0 saturated carbocycles. The van der Waals surface area contributed by atoms with E-state index in [-0.39, 0.29) is 5.92 Å². The molecule has 0 heterocycles. The number of hydrogen-bond donors (Lipinski definition) is 0. The fourth-order valence-corrected chi connectivity index (χ4v) is 3.70. The lowest BCUT2D eigenvalue weighted by Gasteiger charge is -2.25. The smallest absolute Gasteiger partial charge is 0.123 e. The Morgan fingerprint density at radius 3 is 0.935 bits per heavy atom. The Morgan fingerprint density at radius 2 is 0.710 bits per heavy atom. The third-order valence-corrected chi connectivity index (χ3v) is 5.24. The maximum Gasteiger partial charge on any atom is 0.123 e. The van der Waals surface area contributed by atoms with E-state index in [2.05, 4.69) is 0 Å². The van der Waals surface area contributed by atoms with Crippen LogP contribution in [0.15, 0.2) is 54.6 Å². The van der Waals surface area contributed by atoms with Crippen LogP contribution in [0.2, 0.25) is 0 Å². The summed E-state index contributed by atoms with van der Waals surface area (Å²) in [5.74, 6) is 3.94. The van der Waals surface area contributed by atoms with Crippen LogP contribution >= 0.6 is 0 Å². The van der Waals surface area contributed by atoms with Crippen LogP contribution < -0.4 is 28.4 Å². The highest BCUT2D eigenvalue weighted by molar-refractivity contribution is 5.60. The summed E-state index contributed by atoms with van der Waals surface area (Å²) < 4.78 is 33.7. The monoisotopic (exact) mass is 424 g/mol. The average molecular weight is 424 g/mol. The zero-order chi connectivity index (χ0) is 22.4. The van der Waals surface area contributed by atoms with Gasteiger partial charge in [-0.05, 0) is 54.6 Å². The molecule has 3 aromatic rings. The Hall–Kier alpha value is -3.54. The first-order valence-corrected chi connectivity index (χ1v) is 9.75. The summed E-state index contributed by atoms with van der Waals surface area (Å²) >= 11 is 0. The molecule has 0 aliphatic heterocycles. The predicted octanol–water partition coefficient (Wildman–Crippen LogP) is 4.92. The van der Waals surface area contributed by atoms with Crippen molar-refractivity contribution in [3.63, 3.8) is 0 Å². The van der Waals surface area contributed by atoms with E-state index in [0.29, 0.717) is 34.5 Å². The molecule has 0 bridgehead atoms. The van der Waals surface area contributed by atoms with Crippen molar-refractivity contribution in [3.05, 3.63) is 71.3 Å². The first-order chi connectivity index (χ1) is 15.1. The minimum absolute atomic E-state index is 0.319. The molecule has 0 fully saturated rings. The molecule has 3 aromatic carbocycles. The molecule has 0 amide bonds. The van der Waals surface area contributed by atoms with Gasteiger partial charge < -0.3 is 28.4 Å². The quantitative estimate of drug-likeness (QED) is 0.455. The van der Waals surface area contributed by atoms with Crippen molar-refractivity contribution in [3.8, 4) is 34.5 Å². The van der Waals surface area contributed by atoms with Gasteiger partial charge in [-0.3, -0.25) is 0 Å². The number of methoxy groups -OCH3 is 6. The molecule has 0 unspecified atom stereocenters. The number of hydrogen-bond acceptors (Lipinski definition) is 6. The van der Waals surface area contributed by atoms with Gasteiger partial charge in [-0.2, -0.15) is 0 Å². The van der Waals surface area contributed by atoms with Crippen LogP contribution in [0.4, 0.5) is 0 Å². The summed E-state index contributed by atoms with van der Waals surface area (Å²) in [4.78, 5) is 0. The second kappa shape index (κ2) is 9.98. The number of benzene rings is 3. The van der Waals surface area contributed by atoms with Crippen molar-refractivity contribution in [1.82, 2.24) is 0 Å². The summed E-state index contributed by atoms with van der Waals surface area (Å²) in [5.41, 5.74) is 2.67. The van der Waals surface area contributed by atoms with E-state index in [1.807, 2.05) is 54.6 Å². The molecule has 6 nitrogen and oxygen atoms in total. The standard InChI is InChI=1S/C25H28O6/c1-26-16-7-10-22(29-4)19(13-16)25(20-14-17(27-2)8-11-23(20)30-5)21-15-18(28-3)9-12-24(21)31-6/h7-15,25H,1-6H3. The molecular weight excluding hydrogens is 396 g/mol. The van der Waals surface area contributed by atoms with Gasteiger partial charge in [-0.15, -0.1) is 0 Å². The summed E-state index contributed by atoms with van der Waals surface area (Å²) in [6.45, 7) is 0. The van der Waals surface area contributed by atoms with Crippen LogP contribution in [-0.2, 0) is 0 Å². The highest BCUT2D eigenvalue weighted by Crippen LogP contribution is 2.46. The topological polar surface area (TPSA) is 55.4 Å². The van der Waals surface area contributed by atoms with Crippen LogP contribution in [-0.4, -0.2) is 42.7 Å². The molecule has 0 saturated heterocycles. The Balaban J connectivity index is 2.40. The van der Waals surface area contributed by atoms with Crippen molar-refractivity contribution in [2.75, 3.05) is 42.7 Å². The highest BCUT2D eigenvalue weighted by Gasteiger charge is 2.28. The molecule has 0 aromatic heterocycles. The first-order valence-electron chi connectivity index (χ1n) is 9.75. The van der Waals surface area contributed by atoms with Crippen LogP contribution in [0, 0.1) is 0 Å². The zero-order valence-electron chi connectivity index (χ0n) is 18.7. The van der Waals surface area contributed by atoms with Gasteiger partial charge in [-0.25, -0.2) is 0 Å². The highest BCUT2D eigenvalue weighted by atomic mass is 16.5. The zero-order valence-corrected chi connectivity index (χ0v) is 18.7. The fourth-order valence-electron chi connectivity index (χ4n) is 3.70. The second-order valence-corrected chi connectivity index (χ2v) is 6.76. The normalized spacial score (nSPS) is 10.5. The summed E-state index contributed by atoms with van der Waals surface area (Å²) in [5, 5.41) is 0. The maximum absolute atomic E-state index is 5.73. The van der Waals surface area contributed by atoms with E-state index in [1.54, 1.807) is 42.7 Å². The van der Waals surface area contributed by atoms with Crippen molar-refractivity contribution in [2.24, 2.45) is 0 Å². The van der Waals surface area contributed by atoms with Gasteiger partial charge in [0.05, 0.1) is 42.7 Å². The van der Waals surface area contributed by atoms with Crippen LogP contribution in [0.3, 0.4) is 0 Å². The van der Waals surface area contributed by atoms with Gasteiger partial charge in [-0.1, -0.05) is 0 Å². The Morgan fingerprint density at radius 1 is 0.419 bits per heavy atom. The third kappa shape index (κ3) is 4.48. The minimum atomic E-state index is -0.319. The minimum Gasteiger partial charge on any atom is -0.497 e. The lowest BCUT2D eigenvalue weighted by atomic mass is 9.83. The van der Waals surface area contributed by atoms with Gasteiger partial charge in [0.15, 0.2) is 0 Å². The van der Waals surface area contributed by atoms with Gasteiger partial charge in [0.1, 0.15) is 34.5 Å². The molecule has 164 valence electrons. The molecule has 6 heteroatoms. The van der Waals surface area contributed by atoms with Crippen LogP contribution in [0.25, 0.3) is 0 Å². The van der Waals surface area contributed by atoms with Crippen molar-refractivity contribution in [2.45, 2.75) is 5.92 Å². The molecular formula is C25H28O6. The average Bonchev–Trinajstić information content (AvgIpc) is 2.83. The molecule has 0 aliphatic carbocycles. The molecule has 0 spiro atoms. The largest absolute Gasteiger partial charge is 0.497 e. The van der Waals surface area contributed by atoms with Gasteiger partial charge in [0.25, 0.3) is 0 Å². The van der Waals surface area contributed by atoms with Gasteiger partial charge >= 0.3 is 0 Å². The Labute approximate surface area is 183 Å². The third-order valence-electron chi connectivity index (χ3n) is 5.24. The van der Waals surface area contributed by atoms with Crippen molar-refractivity contribution < 1.29 is 28.4 Å². The summed E-state index contributed by atoms with van der Waals surface area (Å²) in [7, 11) is 9.85. The number of ether oxygens (including phenoxy) is 6. The van der Waals surface area contributed by atoms with Crippen LogP contribution in [0.5, 0.6) is 34.5 Å². The fraction of sp³-hybridized carbons (Fsp3) is 0.280. The molecule has 0 aliphatic rings. The molecule has 0 radical (unpaired) electrons. The van der Waals surface area contributed by atoms with E-state index in [4.69, 9.17) is 28.4 Å². The van der Waals surface area contributed by atoms with Crippen LogP contribution in [0.1, 0.15) is 22.6 Å². The first kappa shape index (κ1) is 22.2. The Kier molecular flexibility index (Phi) is 7.13. The maximum atomic E-state index is 5.73. The SMILES string of the molecule is COc1ccc(OC)c(C(c2cc(OC)ccc2OC)c2cc(OC)ccc2OC)c1. The van der Waals surface area contributed by atoms with E-state index >= 15 is 0 Å². The van der Waals surface area contributed by atoms with E-state index < -0.39 is 0 Å². The summed E-state index contributed by atoms with van der Waals surface area (Å²) in [6.07, 6.45) is 0. The van der Waals surface area contributed by atoms with Gasteiger partial charge in [0, 0.05) is 22.6 Å². The second-order valence-electron chi connectivity index (χ2n) is 6.76. The molecule has 0 N–H and O–H groups in total. The molecule has 0 atom stereocenters. The van der Waals surface area contributed by atoms with Gasteiger partial charge in [0.2, 0.25) is 0 Å². The number of rotatable bonds is 9.